The van der Waals surface area contributed by atoms with Gasteiger partial charge in [0.2, 0.25) is 5.88 Å². The van der Waals surface area contributed by atoms with Gasteiger partial charge in [0.05, 0.1) is 11.6 Å². The third kappa shape index (κ3) is 3.66. The minimum atomic E-state index is 0.222. The standard InChI is InChI=1S/C16H14Cl2N2O/c1-9(2)12-7-14(10(3)4-13(12)17)21-16-6-11(8-19)5-15(18)20-16/h4-7,9H,1-3H3. The largest absolute Gasteiger partial charge is 0.439 e. The quantitative estimate of drug-likeness (QED) is 0.703. The number of aryl methyl sites for hydroxylation is 1. The molecule has 0 N–H and O–H groups in total. The van der Waals surface area contributed by atoms with Gasteiger partial charge in [-0.1, -0.05) is 37.0 Å². The van der Waals surface area contributed by atoms with Gasteiger partial charge in [-0.15, -0.1) is 0 Å². The number of aromatic nitrogens is 1. The van der Waals surface area contributed by atoms with Gasteiger partial charge in [-0.05, 0) is 42.2 Å². The molecule has 21 heavy (non-hydrogen) atoms. The van der Waals surface area contributed by atoms with Gasteiger partial charge >= 0.3 is 0 Å². The van der Waals surface area contributed by atoms with Gasteiger partial charge in [0.1, 0.15) is 10.9 Å². The van der Waals surface area contributed by atoms with Crippen LogP contribution in [0.4, 0.5) is 0 Å². The second-order valence-electron chi connectivity index (χ2n) is 5.02. The zero-order chi connectivity index (χ0) is 15.6. The Morgan fingerprint density at radius 1 is 1.19 bits per heavy atom. The molecule has 108 valence electrons. The van der Waals surface area contributed by atoms with Crippen LogP contribution in [-0.2, 0) is 0 Å². The highest BCUT2D eigenvalue weighted by molar-refractivity contribution is 6.31. The van der Waals surface area contributed by atoms with Gasteiger partial charge in [0.25, 0.3) is 0 Å². The number of pyridine rings is 1. The fourth-order valence-corrected chi connectivity index (χ4v) is 2.56. The lowest BCUT2D eigenvalue weighted by Crippen LogP contribution is -1.96. The number of benzene rings is 1. The summed E-state index contributed by atoms with van der Waals surface area (Å²) in [7, 11) is 0. The van der Waals surface area contributed by atoms with Crippen molar-refractivity contribution in [2.75, 3.05) is 0 Å². The molecule has 0 aliphatic rings. The fourth-order valence-electron chi connectivity index (χ4n) is 1.92. The summed E-state index contributed by atoms with van der Waals surface area (Å²) >= 11 is 12.1. The highest BCUT2D eigenvalue weighted by atomic mass is 35.5. The van der Waals surface area contributed by atoms with Crippen LogP contribution in [0.2, 0.25) is 10.2 Å². The summed E-state index contributed by atoms with van der Waals surface area (Å²) in [6.45, 7) is 6.03. The molecule has 0 radical (unpaired) electrons. The van der Waals surface area contributed by atoms with Gasteiger partial charge in [0, 0.05) is 11.1 Å². The molecule has 0 spiro atoms. The van der Waals surface area contributed by atoms with E-state index in [1.807, 2.05) is 25.1 Å². The molecular weight excluding hydrogens is 307 g/mol. The first-order valence-electron chi connectivity index (χ1n) is 6.46. The molecular formula is C16H14Cl2N2O. The van der Waals surface area contributed by atoms with Crippen LogP contribution in [0.5, 0.6) is 11.6 Å². The molecule has 0 aliphatic heterocycles. The molecule has 1 heterocycles. The summed E-state index contributed by atoms with van der Waals surface area (Å²) in [5.74, 6) is 1.23. The van der Waals surface area contributed by atoms with E-state index < -0.39 is 0 Å². The first kappa shape index (κ1) is 15.6. The zero-order valence-electron chi connectivity index (χ0n) is 11.9. The minimum Gasteiger partial charge on any atom is -0.439 e. The summed E-state index contributed by atoms with van der Waals surface area (Å²) < 4.78 is 5.77. The molecule has 0 unspecified atom stereocenters. The topological polar surface area (TPSA) is 45.9 Å². The van der Waals surface area contributed by atoms with Crippen molar-refractivity contribution in [2.45, 2.75) is 26.7 Å². The number of halogens is 2. The molecule has 3 nitrogen and oxygen atoms in total. The third-order valence-corrected chi connectivity index (χ3v) is 3.55. The SMILES string of the molecule is Cc1cc(Cl)c(C(C)C)cc1Oc1cc(C#N)cc(Cl)n1. The highest BCUT2D eigenvalue weighted by Crippen LogP contribution is 2.33. The molecule has 1 aromatic heterocycles. The van der Waals surface area contributed by atoms with Crippen molar-refractivity contribution in [3.05, 3.63) is 51.1 Å². The van der Waals surface area contributed by atoms with Crippen LogP contribution in [0.3, 0.4) is 0 Å². The van der Waals surface area contributed by atoms with Gasteiger partial charge in [-0.25, -0.2) is 4.98 Å². The Morgan fingerprint density at radius 2 is 1.90 bits per heavy atom. The predicted molar refractivity (Wildman–Crippen MR) is 84.3 cm³/mol. The maximum absolute atomic E-state index is 8.95. The van der Waals surface area contributed by atoms with E-state index in [1.165, 1.54) is 6.07 Å². The van der Waals surface area contributed by atoms with Crippen LogP contribution in [0.1, 0.15) is 36.5 Å². The Kier molecular flexibility index (Phi) is 4.72. The molecule has 0 saturated carbocycles. The van der Waals surface area contributed by atoms with Gasteiger partial charge < -0.3 is 4.74 Å². The lowest BCUT2D eigenvalue weighted by Gasteiger charge is -2.14. The van der Waals surface area contributed by atoms with Crippen molar-refractivity contribution in [3.8, 4) is 17.7 Å². The van der Waals surface area contributed by atoms with Gasteiger partial charge in [-0.2, -0.15) is 5.26 Å². The Bertz CT molecular complexity index is 721. The van der Waals surface area contributed by atoms with Crippen molar-refractivity contribution < 1.29 is 4.74 Å². The molecule has 2 aromatic rings. The van der Waals surface area contributed by atoms with Crippen molar-refractivity contribution in [3.63, 3.8) is 0 Å². The van der Waals surface area contributed by atoms with Gasteiger partial charge in [0.15, 0.2) is 0 Å². The number of nitriles is 1. The number of nitrogens with zero attached hydrogens (tertiary/aromatic N) is 2. The van der Waals surface area contributed by atoms with E-state index in [-0.39, 0.29) is 11.1 Å². The van der Waals surface area contributed by atoms with Gasteiger partial charge in [-0.3, -0.25) is 0 Å². The van der Waals surface area contributed by atoms with Crippen molar-refractivity contribution in [1.29, 1.82) is 5.26 Å². The van der Waals surface area contributed by atoms with Crippen molar-refractivity contribution >= 4 is 23.2 Å². The Morgan fingerprint density at radius 3 is 2.52 bits per heavy atom. The normalized spacial score (nSPS) is 10.5. The van der Waals surface area contributed by atoms with Crippen LogP contribution in [0.15, 0.2) is 24.3 Å². The molecule has 0 atom stereocenters. The molecule has 0 bridgehead atoms. The van der Waals surface area contributed by atoms with E-state index in [2.05, 4.69) is 18.8 Å². The highest BCUT2D eigenvalue weighted by Gasteiger charge is 2.12. The van der Waals surface area contributed by atoms with Crippen LogP contribution in [0, 0.1) is 18.3 Å². The minimum absolute atomic E-state index is 0.222. The Balaban J connectivity index is 2.42. The lowest BCUT2D eigenvalue weighted by atomic mass is 10.0. The number of rotatable bonds is 3. The average Bonchev–Trinajstić information content (AvgIpc) is 2.40. The first-order valence-corrected chi connectivity index (χ1v) is 7.22. The van der Waals surface area contributed by atoms with E-state index in [0.717, 1.165) is 11.1 Å². The van der Waals surface area contributed by atoms with Crippen molar-refractivity contribution in [1.82, 2.24) is 4.98 Å². The molecule has 0 saturated heterocycles. The molecule has 0 amide bonds. The summed E-state index contributed by atoms with van der Waals surface area (Å²) in [6.07, 6.45) is 0. The fraction of sp³-hybridized carbons (Fsp3) is 0.250. The second kappa shape index (κ2) is 6.34. The van der Waals surface area contributed by atoms with Crippen molar-refractivity contribution in [2.24, 2.45) is 0 Å². The maximum Gasteiger partial charge on any atom is 0.221 e. The lowest BCUT2D eigenvalue weighted by molar-refractivity contribution is 0.458. The monoisotopic (exact) mass is 320 g/mol. The maximum atomic E-state index is 8.95. The number of ether oxygens (including phenoxy) is 1. The summed E-state index contributed by atoms with van der Waals surface area (Å²) in [4.78, 5) is 4.07. The van der Waals surface area contributed by atoms with E-state index in [4.69, 9.17) is 33.2 Å². The van der Waals surface area contributed by atoms with Crippen LogP contribution < -0.4 is 4.74 Å². The third-order valence-electron chi connectivity index (χ3n) is 3.03. The van der Waals surface area contributed by atoms with E-state index in [1.54, 1.807) is 6.07 Å². The molecule has 0 aliphatic carbocycles. The summed E-state index contributed by atoms with van der Waals surface area (Å²) in [5, 5.41) is 9.89. The zero-order valence-corrected chi connectivity index (χ0v) is 13.5. The Hall–Kier alpha value is -1.76. The molecule has 2 rings (SSSR count). The van der Waals surface area contributed by atoms with E-state index in [9.17, 15) is 0 Å². The number of hydrogen-bond donors (Lipinski definition) is 0. The number of hydrogen-bond acceptors (Lipinski definition) is 3. The molecule has 5 heteroatoms. The summed E-state index contributed by atoms with van der Waals surface area (Å²) in [6, 6.07) is 8.82. The van der Waals surface area contributed by atoms with E-state index >= 15 is 0 Å². The first-order chi connectivity index (χ1) is 9.90. The molecule has 1 aromatic carbocycles. The Labute approximate surface area is 134 Å². The smallest absolute Gasteiger partial charge is 0.221 e. The van der Waals surface area contributed by atoms with Crippen LogP contribution >= 0.6 is 23.2 Å². The predicted octanol–water partition coefficient (Wildman–Crippen LogP) is 5.48. The summed E-state index contributed by atoms with van der Waals surface area (Å²) in [5.41, 5.74) is 2.30. The van der Waals surface area contributed by atoms with Crippen LogP contribution in [-0.4, -0.2) is 4.98 Å². The second-order valence-corrected chi connectivity index (χ2v) is 5.82. The average molecular weight is 321 g/mol. The molecule has 0 fully saturated rings. The van der Waals surface area contributed by atoms with E-state index in [0.29, 0.717) is 22.2 Å². The van der Waals surface area contributed by atoms with Crippen LogP contribution in [0.25, 0.3) is 0 Å².